The molecule has 0 saturated carbocycles. The quantitative estimate of drug-likeness (QED) is 0.544. The lowest BCUT2D eigenvalue weighted by Crippen LogP contribution is -2.42. The number of primary amides is 1. The van der Waals surface area contributed by atoms with Crippen LogP contribution in [0.5, 0.6) is 0 Å². The lowest BCUT2D eigenvalue weighted by atomic mass is 9.86. The molecule has 1 amide bonds. The molecule has 0 aliphatic heterocycles. The van der Waals surface area contributed by atoms with E-state index in [-0.39, 0.29) is 29.2 Å². The first-order valence-electron chi connectivity index (χ1n) is 7.11. The molecule has 0 aromatic heterocycles. The summed E-state index contributed by atoms with van der Waals surface area (Å²) in [7, 11) is -3.78. The molecule has 7 nitrogen and oxygen atoms in total. The first-order valence-corrected chi connectivity index (χ1v) is 8.59. The molecular weight excluding hydrogens is 332 g/mol. The van der Waals surface area contributed by atoms with E-state index < -0.39 is 21.5 Å². The molecular formula is C16H18N2O5S. The second-order valence-electron chi connectivity index (χ2n) is 5.09. The molecule has 0 spiro atoms. The third-order valence-corrected chi connectivity index (χ3v) is 5.01. The van der Waals surface area contributed by atoms with Gasteiger partial charge in [-0.3, -0.25) is 4.79 Å². The van der Waals surface area contributed by atoms with E-state index in [1.807, 2.05) is 0 Å². The highest BCUT2D eigenvalue weighted by molar-refractivity contribution is 7.89. The molecule has 1 atom stereocenters. The van der Waals surface area contributed by atoms with Crippen molar-refractivity contribution in [2.75, 3.05) is 13.2 Å². The van der Waals surface area contributed by atoms with Gasteiger partial charge >= 0.3 is 0 Å². The van der Waals surface area contributed by atoms with Gasteiger partial charge in [0.2, 0.25) is 10.0 Å². The van der Waals surface area contributed by atoms with Gasteiger partial charge in [-0.2, -0.15) is 0 Å². The van der Waals surface area contributed by atoms with E-state index in [9.17, 15) is 18.3 Å². The number of benzene rings is 2. The number of hydrogen-bond acceptors (Lipinski definition) is 5. The van der Waals surface area contributed by atoms with Crippen LogP contribution in [-0.2, 0) is 20.4 Å². The highest BCUT2D eigenvalue weighted by Crippen LogP contribution is 2.30. The molecule has 2 aromatic rings. The Morgan fingerprint density at radius 2 is 1.58 bits per heavy atom. The normalized spacial score (nSPS) is 14.1. The van der Waals surface area contributed by atoms with Gasteiger partial charge in [-0.25, -0.2) is 13.1 Å². The van der Waals surface area contributed by atoms with Crippen LogP contribution in [0.25, 0.3) is 0 Å². The number of aliphatic hydroxyl groups is 2. The summed E-state index contributed by atoms with van der Waals surface area (Å²) in [6, 6.07) is 13.3. The number of hydrogen-bond donors (Lipinski definition) is 4. The Labute approximate surface area is 139 Å². The third kappa shape index (κ3) is 3.46. The van der Waals surface area contributed by atoms with Gasteiger partial charge in [-0.05, 0) is 23.3 Å². The van der Waals surface area contributed by atoms with Crippen molar-refractivity contribution in [2.24, 2.45) is 5.73 Å². The van der Waals surface area contributed by atoms with Gasteiger partial charge in [0.05, 0.1) is 11.5 Å². The maximum atomic E-state index is 12.0. The number of amides is 1. The molecule has 0 heterocycles. The van der Waals surface area contributed by atoms with Crippen molar-refractivity contribution in [3.63, 3.8) is 0 Å². The largest absolute Gasteiger partial charge is 0.395 e. The molecule has 5 N–H and O–H groups in total. The van der Waals surface area contributed by atoms with Gasteiger partial charge in [-0.1, -0.05) is 42.5 Å². The predicted molar refractivity (Wildman–Crippen MR) is 87.4 cm³/mol. The summed E-state index contributed by atoms with van der Waals surface area (Å²) < 4.78 is 26.2. The summed E-state index contributed by atoms with van der Waals surface area (Å²) in [4.78, 5) is 11.8. The van der Waals surface area contributed by atoms with Crippen molar-refractivity contribution in [1.82, 2.24) is 4.72 Å². The summed E-state index contributed by atoms with van der Waals surface area (Å²) >= 11 is 0. The van der Waals surface area contributed by atoms with Crippen LogP contribution in [-0.4, -0.2) is 37.7 Å². The van der Waals surface area contributed by atoms with E-state index in [2.05, 4.69) is 4.72 Å². The number of carbonyl (C=O) groups excluding carboxylic acids is 1. The molecule has 0 fully saturated rings. The van der Waals surface area contributed by atoms with E-state index in [1.54, 1.807) is 30.3 Å². The lowest BCUT2D eigenvalue weighted by molar-refractivity contribution is -0.133. The van der Waals surface area contributed by atoms with Crippen molar-refractivity contribution in [1.29, 1.82) is 0 Å². The van der Waals surface area contributed by atoms with E-state index in [0.717, 1.165) is 0 Å². The van der Waals surface area contributed by atoms with Crippen LogP contribution in [0, 0.1) is 0 Å². The molecule has 1 unspecified atom stereocenters. The van der Waals surface area contributed by atoms with Crippen molar-refractivity contribution in [3.8, 4) is 0 Å². The van der Waals surface area contributed by atoms with Crippen molar-refractivity contribution >= 4 is 15.9 Å². The Morgan fingerprint density at radius 1 is 1.04 bits per heavy atom. The second kappa shape index (κ2) is 7.10. The topological polar surface area (TPSA) is 130 Å². The maximum Gasteiger partial charge on any atom is 0.258 e. The molecule has 0 radical (unpaired) electrons. The van der Waals surface area contributed by atoms with Crippen molar-refractivity contribution in [2.45, 2.75) is 10.5 Å². The van der Waals surface area contributed by atoms with Crippen LogP contribution < -0.4 is 10.5 Å². The van der Waals surface area contributed by atoms with Crippen LogP contribution in [0.4, 0.5) is 0 Å². The molecule has 2 aromatic carbocycles. The minimum Gasteiger partial charge on any atom is -0.395 e. The Kier molecular flexibility index (Phi) is 5.35. The molecule has 8 heteroatoms. The molecule has 0 bridgehead atoms. The Hall–Kier alpha value is -2.26. The highest BCUT2D eigenvalue weighted by Gasteiger charge is 2.38. The number of nitrogens with two attached hydrogens (primary N) is 1. The van der Waals surface area contributed by atoms with Gasteiger partial charge < -0.3 is 15.9 Å². The van der Waals surface area contributed by atoms with Crippen LogP contribution in [0.15, 0.2) is 59.5 Å². The fraction of sp³-hybridized carbons (Fsp3) is 0.188. The summed E-state index contributed by atoms with van der Waals surface area (Å²) in [6.45, 7) is -0.438. The van der Waals surface area contributed by atoms with Crippen LogP contribution in [0.2, 0.25) is 0 Å². The highest BCUT2D eigenvalue weighted by atomic mass is 32.2. The summed E-state index contributed by atoms with van der Waals surface area (Å²) in [6.07, 6.45) is 0. The molecule has 0 saturated heterocycles. The summed E-state index contributed by atoms with van der Waals surface area (Å²) in [5, 5.41) is 19.5. The average molecular weight is 350 g/mol. The smallest absolute Gasteiger partial charge is 0.258 e. The van der Waals surface area contributed by atoms with E-state index in [0.29, 0.717) is 0 Å². The monoisotopic (exact) mass is 350 g/mol. The predicted octanol–water partition coefficient (Wildman–Crippen LogP) is -0.322. The summed E-state index contributed by atoms with van der Waals surface area (Å²) in [5.74, 6) is -0.970. The SMILES string of the molecule is NC(=O)C(O)(c1ccccc1)c1ccc(S(=O)(=O)NCCO)cc1. The minimum atomic E-state index is -3.78. The fourth-order valence-corrected chi connectivity index (χ4v) is 3.29. The van der Waals surface area contributed by atoms with E-state index in [4.69, 9.17) is 10.8 Å². The third-order valence-electron chi connectivity index (χ3n) is 3.53. The number of aliphatic hydroxyl groups excluding tert-OH is 1. The molecule has 128 valence electrons. The Morgan fingerprint density at radius 3 is 2.08 bits per heavy atom. The summed E-state index contributed by atoms with van der Waals surface area (Å²) in [5.41, 5.74) is 3.75. The van der Waals surface area contributed by atoms with Crippen molar-refractivity contribution < 1.29 is 23.4 Å². The second-order valence-corrected chi connectivity index (χ2v) is 6.85. The number of rotatable bonds is 7. The number of sulfonamides is 1. The zero-order valence-electron chi connectivity index (χ0n) is 12.7. The number of nitrogens with one attached hydrogen (secondary N) is 1. The first-order chi connectivity index (χ1) is 11.3. The molecule has 0 aliphatic carbocycles. The Bertz CT molecular complexity index is 806. The molecule has 2 rings (SSSR count). The van der Waals surface area contributed by atoms with Gasteiger partial charge in [0, 0.05) is 6.54 Å². The lowest BCUT2D eigenvalue weighted by Gasteiger charge is -2.25. The first kappa shape index (κ1) is 18.1. The van der Waals surface area contributed by atoms with Crippen LogP contribution in [0.1, 0.15) is 11.1 Å². The van der Waals surface area contributed by atoms with E-state index >= 15 is 0 Å². The zero-order chi connectivity index (χ0) is 17.8. The van der Waals surface area contributed by atoms with Crippen LogP contribution >= 0.6 is 0 Å². The zero-order valence-corrected chi connectivity index (χ0v) is 13.5. The van der Waals surface area contributed by atoms with Gasteiger partial charge in [0.15, 0.2) is 5.60 Å². The maximum absolute atomic E-state index is 12.0. The van der Waals surface area contributed by atoms with Gasteiger partial charge in [0.25, 0.3) is 5.91 Å². The number of carbonyl (C=O) groups is 1. The van der Waals surface area contributed by atoms with E-state index in [1.165, 1.54) is 24.3 Å². The average Bonchev–Trinajstić information content (AvgIpc) is 2.60. The van der Waals surface area contributed by atoms with Gasteiger partial charge in [0.1, 0.15) is 0 Å². The van der Waals surface area contributed by atoms with Crippen LogP contribution in [0.3, 0.4) is 0 Å². The minimum absolute atomic E-state index is 0.0559. The molecule has 24 heavy (non-hydrogen) atoms. The molecule has 0 aliphatic rings. The van der Waals surface area contributed by atoms with Crippen molar-refractivity contribution in [3.05, 3.63) is 65.7 Å². The Balaban J connectivity index is 2.43. The van der Waals surface area contributed by atoms with Gasteiger partial charge in [-0.15, -0.1) is 0 Å². The standard InChI is InChI=1S/C16H18N2O5S/c17-15(20)16(21,12-4-2-1-3-5-12)13-6-8-14(9-7-13)24(22,23)18-10-11-19/h1-9,18-19,21H,10-11H2,(H2,17,20). The fourth-order valence-electron chi connectivity index (χ4n) is 2.27.